The monoisotopic (exact) mass is 436 g/mol. The minimum absolute atomic E-state index is 0.604. The van der Waals surface area contributed by atoms with Crippen LogP contribution in [0.1, 0.15) is 27.7 Å². The second kappa shape index (κ2) is 17.4. The lowest BCUT2D eigenvalue weighted by atomic mass is 9.94. The molecule has 0 heterocycles. The van der Waals surface area contributed by atoms with Crippen LogP contribution < -0.4 is 10.6 Å². The van der Waals surface area contributed by atoms with Crippen LogP contribution in [0, 0.1) is 35.0 Å². The first-order chi connectivity index (χ1) is 12.3. The minimum Gasteiger partial charge on any atom is -0.748 e. The molecule has 0 saturated carbocycles. The summed E-state index contributed by atoms with van der Waals surface area (Å²) in [6.07, 6.45) is 0.604. The van der Waals surface area contributed by atoms with Crippen LogP contribution in [0.5, 0.6) is 0 Å². The third-order valence-corrected chi connectivity index (χ3v) is 0.990. The Morgan fingerprint density at radius 1 is 0.929 bits per heavy atom. The van der Waals surface area contributed by atoms with Crippen molar-refractivity contribution in [2.75, 3.05) is 20.4 Å². The molecule has 0 unspecified atom stereocenters. The van der Waals surface area contributed by atoms with Crippen molar-refractivity contribution in [2.24, 2.45) is 0 Å². The van der Waals surface area contributed by atoms with E-state index < -0.39 is 58.5 Å². The predicted octanol–water partition coefficient (Wildman–Crippen LogP) is 0.531. The van der Waals surface area contributed by atoms with Gasteiger partial charge in [0.25, 0.3) is 0 Å². The quantitative estimate of drug-likeness (QED) is 0.147. The predicted molar refractivity (Wildman–Crippen MR) is 97.6 cm³/mol. The van der Waals surface area contributed by atoms with Gasteiger partial charge in [0.15, 0.2) is 17.5 Å². The van der Waals surface area contributed by atoms with Gasteiger partial charge in [-0.05, 0) is 14.8 Å². The van der Waals surface area contributed by atoms with Crippen molar-refractivity contribution >= 4 is 29.4 Å². The zero-order chi connectivity index (χ0) is 23.8. The Balaban J connectivity index is -0.000000150. The molecule has 0 aliphatic heterocycles. The first-order valence-electron chi connectivity index (χ1n) is 6.66. The van der Waals surface area contributed by atoms with E-state index in [-0.39, 0.29) is 0 Å². The van der Waals surface area contributed by atoms with Gasteiger partial charge in [-0.15, -0.1) is 5.46 Å². The fourth-order valence-corrected chi connectivity index (χ4v) is 0.495. The lowest BCUT2D eigenvalue weighted by molar-refractivity contribution is -0.302. The Morgan fingerprint density at radius 2 is 1.04 bits per heavy atom. The lowest BCUT2D eigenvalue weighted by Gasteiger charge is -2.06. The van der Waals surface area contributed by atoms with Gasteiger partial charge < -0.3 is 25.7 Å². The fraction of sp³-hybridized carbons (Fsp3) is 0.467. The third kappa shape index (κ3) is 26.5. The summed E-state index contributed by atoms with van der Waals surface area (Å²) in [5.41, 5.74) is -0.619. The van der Waals surface area contributed by atoms with E-state index in [0.29, 0.717) is 6.26 Å². The maximum Gasteiger partial charge on any atom is 0.200 e. The fourth-order valence-electron chi connectivity index (χ4n) is 0.495. The molecule has 0 aromatic heterocycles. The molecule has 0 atom stereocenters. The summed E-state index contributed by atoms with van der Waals surface area (Å²) in [5.74, 6) is -8.80. The minimum atomic E-state index is -3.92. The molecule has 0 aliphatic carbocycles. The van der Waals surface area contributed by atoms with E-state index in [1.807, 2.05) is 0 Å². The van der Waals surface area contributed by atoms with E-state index >= 15 is 0 Å². The maximum absolute atomic E-state index is 12.5. The molecule has 168 valence electrons. The van der Waals surface area contributed by atoms with Gasteiger partial charge in [0, 0.05) is 12.2 Å². The summed E-state index contributed by atoms with van der Waals surface area (Å²) >= 11 is 0. The molecular weight excluding hydrogens is 412 g/mol. The number of carbonyl (C=O) groups is 1. The zero-order valence-electron chi connectivity index (χ0n) is 15.8. The van der Waals surface area contributed by atoms with Crippen molar-refractivity contribution in [3.8, 4) is 0 Å². The molecule has 0 bridgehead atoms. The van der Waals surface area contributed by atoms with Crippen LogP contribution in [0.15, 0.2) is 0 Å². The van der Waals surface area contributed by atoms with Crippen LogP contribution in [0.3, 0.4) is 0 Å². The molecule has 0 aliphatic rings. The first kappa shape index (κ1) is 33.8. The van der Waals surface area contributed by atoms with Crippen molar-refractivity contribution in [2.45, 2.75) is 27.7 Å². The van der Waals surface area contributed by atoms with Crippen molar-refractivity contribution in [1.29, 1.82) is 0 Å². The average Bonchev–Trinajstić information content (AvgIpc) is 2.47. The second-order valence-electron chi connectivity index (χ2n) is 4.84. The van der Waals surface area contributed by atoms with Crippen LogP contribution in [-0.4, -0.2) is 47.1 Å². The Hall–Kier alpha value is -1.73. The van der Waals surface area contributed by atoms with Gasteiger partial charge in [0.2, 0.25) is 0 Å². The van der Waals surface area contributed by atoms with Crippen LogP contribution in [0.25, 0.3) is 5.32 Å². The SMILES string of the molecule is CC(=O)[O-].CS(=O)(=O)[O-].C[C-](C)C.C[N-]C.[BH3-]c1c(F)c(F)c(F)c(F)c1F. The van der Waals surface area contributed by atoms with Crippen LogP contribution >= 0.6 is 0 Å². The molecule has 0 spiro atoms. The van der Waals surface area contributed by atoms with Gasteiger partial charge in [-0.25, -0.2) is 30.4 Å². The lowest BCUT2D eigenvalue weighted by Crippen LogP contribution is -2.20. The van der Waals surface area contributed by atoms with Crippen molar-refractivity contribution in [1.82, 2.24) is 0 Å². The highest BCUT2D eigenvalue weighted by molar-refractivity contribution is 7.84. The van der Waals surface area contributed by atoms with Gasteiger partial charge in [-0.3, -0.25) is 0 Å². The second-order valence-corrected chi connectivity index (χ2v) is 6.25. The molecule has 1 aromatic carbocycles. The molecule has 0 radical (unpaired) electrons. The highest BCUT2D eigenvalue weighted by Crippen LogP contribution is 2.14. The number of hydrogen-bond donors (Lipinski definition) is 0. The molecule has 0 amide bonds. The number of nitrogens with zero attached hydrogens (tertiary/aromatic N) is 1. The van der Waals surface area contributed by atoms with E-state index in [1.54, 1.807) is 14.1 Å². The highest BCUT2D eigenvalue weighted by atomic mass is 32.2. The largest absolute Gasteiger partial charge is 0.748 e. The van der Waals surface area contributed by atoms with E-state index in [4.69, 9.17) is 22.9 Å². The topological polar surface area (TPSA) is 111 Å². The molecule has 0 saturated heterocycles. The normalized spacial score (nSPS) is 9.39. The number of rotatable bonds is 0. The van der Waals surface area contributed by atoms with Gasteiger partial charge in [0.05, 0.1) is 10.1 Å². The maximum atomic E-state index is 12.5. The Kier molecular flexibility index (Phi) is 21.0. The third-order valence-electron chi connectivity index (χ3n) is 0.990. The average molecular weight is 436 g/mol. The Bertz CT molecular complexity index is 568. The number of aliphatic carboxylic acids is 1. The molecule has 1 rings (SSSR count). The van der Waals surface area contributed by atoms with E-state index in [2.05, 4.69) is 26.1 Å². The number of carbonyl (C=O) groups excluding carboxylic acids is 1. The molecule has 6 nitrogen and oxygen atoms in total. The zero-order valence-corrected chi connectivity index (χ0v) is 16.6. The van der Waals surface area contributed by atoms with Gasteiger partial charge in [0.1, 0.15) is 11.6 Å². The summed E-state index contributed by atoms with van der Waals surface area (Å²) in [5, 5.41) is 12.4. The van der Waals surface area contributed by atoms with Gasteiger partial charge in [-0.1, -0.05) is 0 Å². The summed E-state index contributed by atoms with van der Waals surface area (Å²) < 4.78 is 89.0. The van der Waals surface area contributed by atoms with E-state index in [0.717, 1.165) is 6.92 Å². The Morgan fingerprint density at radius 3 is 1.18 bits per heavy atom. The number of hydrogen-bond acceptors (Lipinski definition) is 5. The molecule has 0 N–H and O–H groups in total. The molecular formula is C15H24BF5NO5S-5. The number of carboxylic acid groups (broad SMARTS) is 1. The smallest absolute Gasteiger partial charge is 0.200 e. The number of benzene rings is 1. The molecule has 28 heavy (non-hydrogen) atoms. The van der Waals surface area contributed by atoms with Gasteiger partial charge in [-0.2, -0.15) is 34.9 Å². The first-order valence-corrected chi connectivity index (χ1v) is 8.47. The van der Waals surface area contributed by atoms with Crippen molar-refractivity contribution in [3.05, 3.63) is 40.3 Å². The number of carboxylic acids is 1. The standard InChI is InChI=1S/C6H3BF5.C4H9.C2H6N.C2H4O2.CH4O3S/c7-1-2(8)4(10)6(12)5(11)3(1)9;1-4(2)3;1-3-2;1-2(3)4;1-5(2,3)4/h7H3;1-3H3;1-2H3;1H3,(H,3,4);1H3,(H,2,3,4)/q3*-1;;/p-2. The summed E-state index contributed by atoms with van der Waals surface area (Å²) in [4.78, 5) is 8.89. The Labute approximate surface area is 163 Å². The number of halogens is 5. The van der Waals surface area contributed by atoms with E-state index in [1.165, 1.54) is 5.92 Å². The summed E-state index contributed by atoms with van der Waals surface area (Å²) in [6, 6.07) is 0. The highest BCUT2D eigenvalue weighted by Gasteiger charge is 2.19. The van der Waals surface area contributed by atoms with Crippen molar-refractivity contribution < 1.29 is 44.8 Å². The molecule has 1 aromatic rings. The summed E-state index contributed by atoms with van der Waals surface area (Å²) in [6.45, 7) is 7.22. The van der Waals surface area contributed by atoms with Gasteiger partial charge >= 0.3 is 0 Å². The van der Waals surface area contributed by atoms with E-state index in [9.17, 15) is 22.0 Å². The van der Waals surface area contributed by atoms with Crippen LogP contribution in [0.2, 0.25) is 0 Å². The molecule has 13 heteroatoms. The van der Waals surface area contributed by atoms with Crippen LogP contribution in [-0.2, 0) is 14.9 Å². The van der Waals surface area contributed by atoms with Crippen molar-refractivity contribution in [3.63, 3.8) is 0 Å². The molecule has 0 fully saturated rings. The van der Waals surface area contributed by atoms with Crippen LogP contribution in [0.4, 0.5) is 22.0 Å². The summed E-state index contributed by atoms with van der Waals surface area (Å²) in [7, 11) is -1.47.